The first-order valence-corrected chi connectivity index (χ1v) is 9.17. The van der Waals surface area contributed by atoms with Crippen LogP contribution in [0.3, 0.4) is 0 Å². The molecule has 0 heterocycles. The normalized spacial score (nSPS) is 12.0. The van der Waals surface area contributed by atoms with E-state index in [4.69, 9.17) is 4.74 Å². The quantitative estimate of drug-likeness (QED) is 0.573. The molecule has 3 nitrogen and oxygen atoms in total. The van der Waals surface area contributed by atoms with E-state index >= 15 is 4.39 Å². The van der Waals surface area contributed by atoms with Gasteiger partial charge >= 0.3 is 0 Å². The molecule has 0 amide bonds. The van der Waals surface area contributed by atoms with Gasteiger partial charge in [-0.05, 0) is 49.5 Å². The number of hydrogen-bond acceptors (Lipinski definition) is 3. The minimum atomic E-state index is -0.312. The molecule has 3 aromatic carbocycles. The maximum absolute atomic E-state index is 15.4. The van der Waals surface area contributed by atoms with Gasteiger partial charge in [-0.2, -0.15) is 0 Å². The fraction of sp³-hybridized carbons (Fsp3) is 0.167. The molecule has 0 aliphatic carbocycles. The first-order chi connectivity index (χ1) is 13.5. The molecular weight excluding hydrogens is 353 g/mol. The SMILES string of the molecule is CN(C)CCOc1ccc(/C(=C(/F)c2ccccc2)c2ccc(O)cc2)cc1. The molecule has 0 saturated carbocycles. The maximum Gasteiger partial charge on any atom is 0.138 e. The number of ether oxygens (including phenoxy) is 1. The van der Waals surface area contributed by atoms with Crippen LogP contribution in [-0.4, -0.2) is 37.3 Å². The number of nitrogens with zero attached hydrogens (tertiary/aromatic N) is 1. The van der Waals surface area contributed by atoms with Crippen molar-refractivity contribution < 1.29 is 14.2 Å². The summed E-state index contributed by atoms with van der Waals surface area (Å²) in [4.78, 5) is 2.05. The molecule has 4 heteroatoms. The lowest BCUT2D eigenvalue weighted by atomic mass is 9.94. The number of benzene rings is 3. The van der Waals surface area contributed by atoms with E-state index in [1.807, 2.05) is 56.6 Å². The topological polar surface area (TPSA) is 32.7 Å². The summed E-state index contributed by atoms with van der Waals surface area (Å²) in [5.41, 5.74) is 2.43. The summed E-state index contributed by atoms with van der Waals surface area (Å²) in [5, 5.41) is 9.59. The summed E-state index contributed by atoms with van der Waals surface area (Å²) in [7, 11) is 3.99. The van der Waals surface area contributed by atoms with Gasteiger partial charge < -0.3 is 14.7 Å². The van der Waals surface area contributed by atoms with Crippen molar-refractivity contribution in [1.29, 1.82) is 0 Å². The first kappa shape index (κ1) is 19.6. The molecule has 3 rings (SSSR count). The molecule has 0 spiro atoms. The zero-order chi connectivity index (χ0) is 19.9. The molecule has 28 heavy (non-hydrogen) atoms. The third kappa shape index (κ3) is 4.99. The Bertz CT molecular complexity index is 917. The Balaban J connectivity index is 1.97. The van der Waals surface area contributed by atoms with Gasteiger partial charge in [-0.15, -0.1) is 0 Å². The lowest BCUT2D eigenvalue weighted by molar-refractivity contribution is 0.261. The minimum Gasteiger partial charge on any atom is -0.508 e. The van der Waals surface area contributed by atoms with E-state index in [1.165, 1.54) is 0 Å². The average molecular weight is 377 g/mol. The highest BCUT2D eigenvalue weighted by Crippen LogP contribution is 2.34. The van der Waals surface area contributed by atoms with Crippen molar-refractivity contribution in [3.8, 4) is 11.5 Å². The fourth-order valence-electron chi connectivity index (χ4n) is 2.84. The van der Waals surface area contributed by atoms with Crippen LogP contribution in [0, 0.1) is 0 Å². The van der Waals surface area contributed by atoms with Crippen molar-refractivity contribution in [2.24, 2.45) is 0 Å². The highest BCUT2D eigenvalue weighted by Gasteiger charge is 2.14. The van der Waals surface area contributed by atoms with Crippen molar-refractivity contribution in [3.63, 3.8) is 0 Å². The number of likely N-dealkylation sites (N-methyl/N-ethyl adjacent to an activating group) is 1. The highest BCUT2D eigenvalue weighted by atomic mass is 19.1. The smallest absolute Gasteiger partial charge is 0.138 e. The molecule has 0 atom stereocenters. The van der Waals surface area contributed by atoms with Gasteiger partial charge in [0.05, 0.1) is 0 Å². The molecule has 144 valence electrons. The fourth-order valence-corrected chi connectivity index (χ4v) is 2.84. The zero-order valence-electron chi connectivity index (χ0n) is 16.1. The zero-order valence-corrected chi connectivity index (χ0v) is 16.1. The van der Waals surface area contributed by atoms with Crippen LogP contribution in [0.25, 0.3) is 11.4 Å². The molecule has 0 fully saturated rings. The predicted octanol–water partition coefficient (Wildman–Crippen LogP) is 5.22. The summed E-state index contributed by atoms with van der Waals surface area (Å²) in [5.74, 6) is 0.580. The third-order valence-corrected chi connectivity index (χ3v) is 4.35. The van der Waals surface area contributed by atoms with E-state index in [9.17, 15) is 5.11 Å². The van der Waals surface area contributed by atoms with Crippen molar-refractivity contribution >= 4 is 11.4 Å². The Labute approximate surface area is 165 Å². The van der Waals surface area contributed by atoms with Gasteiger partial charge in [0.25, 0.3) is 0 Å². The largest absolute Gasteiger partial charge is 0.508 e. The second kappa shape index (κ2) is 9.20. The first-order valence-electron chi connectivity index (χ1n) is 9.17. The van der Waals surface area contributed by atoms with Gasteiger partial charge in [0.15, 0.2) is 0 Å². The maximum atomic E-state index is 15.4. The number of aromatic hydroxyl groups is 1. The summed E-state index contributed by atoms with van der Waals surface area (Å²) in [6.45, 7) is 1.41. The molecule has 0 aromatic heterocycles. The molecule has 3 aromatic rings. The van der Waals surface area contributed by atoms with E-state index in [-0.39, 0.29) is 11.6 Å². The van der Waals surface area contributed by atoms with E-state index in [1.54, 1.807) is 36.4 Å². The molecule has 0 bridgehead atoms. The van der Waals surface area contributed by atoms with Crippen molar-refractivity contribution in [1.82, 2.24) is 4.90 Å². The predicted molar refractivity (Wildman–Crippen MR) is 112 cm³/mol. The number of hydrogen-bond donors (Lipinski definition) is 1. The van der Waals surface area contributed by atoms with Crippen LogP contribution in [0.1, 0.15) is 16.7 Å². The van der Waals surface area contributed by atoms with E-state index in [0.717, 1.165) is 17.9 Å². The Morgan fingerprint density at radius 2 is 1.39 bits per heavy atom. The lowest BCUT2D eigenvalue weighted by Gasteiger charge is -2.14. The van der Waals surface area contributed by atoms with Crippen LogP contribution in [0.4, 0.5) is 4.39 Å². The number of phenols is 1. The van der Waals surface area contributed by atoms with Gasteiger partial charge in [-0.3, -0.25) is 0 Å². The molecule has 0 radical (unpaired) electrons. The van der Waals surface area contributed by atoms with Crippen LogP contribution in [0.15, 0.2) is 78.9 Å². The van der Waals surface area contributed by atoms with E-state index < -0.39 is 0 Å². The summed E-state index contributed by atoms with van der Waals surface area (Å²) in [6, 6.07) is 22.9. The van der Waals surface area contributed by atoms with Gasteiger partial charge in [0, 0.05) is 17.7 Å². The van der Waals surface area contributed by atoms with E-state index in [0.29, 0.717) is 23.3 Å². The minimum absolute atomic E-state index is 0.146. The Hall–Kier alpha value is -3.11. The number of rotatable bonds is 7. The van der Waals surface area contributed by atoms with Gasteiger partial charge in [-0.25, -0.2) is 4.39 Å². The monoisotopic (exact) mass is 377 g/mol. The molecule has 0 unspecified atom stereocenters. The van der Waals surface area contributed by atoms with E-state index in [2.05, 4.69) is 4.90 Å². The second-order valence-electron chi connectivity index (χ2n) is 6.78. The molecule has 0 aliphatic rings. The van der Waals surface area contributed by atoms with Crippen LogP contribution >= 0.6 is 0 Å². The second-order valence-corrected chi connectivity index (χ2v) is 6.78. The molecular formula is C24H24FNO2. The van der Waals surface area contributed by atoms with Crippen molar-refractivity contribution in [2.75, 3.05) is 27.2 Å². The molecule has 0 aliphatic heterocycles. The molecule has 0 saturated heterocycles. The van der Waals surface area contributed by atoms with Crippen molar-refractivity contribution in [2.45, 2.75) is 0 Å². The van der Waals surface area contributed by atoms with Gasteiger partial charge in [0.2, 0.25) is 0 Å². The van der Waals surface area contributed by atoms with Crippen LogP contribution < -0.4 is 4.74 Å². The summed E-state index contributed by atoms with van der Waals surface area (Å²) >= 11 is 0. The van der Waals surface area contributed by atoms with Gasteiger partial charge in [-0.1, -0.05) is 54.6 Å². The van der Waals surface area contributed by atoms with Gasteiger partial charge in [0.1, 0.15) is 23.9 Å². The Kier molecular flexibility index (Phi) is 6.45. The Morgan fingerprint density at radius 1 is 0.821 bits per heavy atom. The third-order valence-electron chi connectivity index (χ3n) is 4.35. The summed E-state index contributed by atoms with van der Waals surface area (Å²) < 4.78 is 21.2. The lowest BCUT2D eigenvalue weighted by Crippen LogP contribution is -2.19. The highest BCUT2D eigenvalue weighted by molar-refractivity contribution is 5.95. The van der Waals surface area contributed by atoms with Crippen LogP contribution in [-0.2, 0) is 0 Å². The van der Waals surface area contributed by atoms with Crippen molar-refractivity contribution in [3.05, 3.63) is 95.6 Å². The summed E-state index contributed by atoms with van der Waals surface area (Å²) in [6.07, 6.45) is 0. The Morgan fingerprint density at radius 3 is 1.96 bits per heavy atom. The number of halogens is 1. The molecule has 1 N–H and O–H groups in total. The average Bonchev–Trinajstić information content (AvgIpc) is 2.71. The van der Waals surface area contributed by atoms with Crippen LogP contribution in [0.2, 0.25) is 0 Å². The number of phenolic OH excluding ortho intramolecular Hbond substituents is 1. The standard InChI is InChI=1S/C24H24FNO2/c1-26(2)16-17-28-22-14-10-19(11-15-22)23(18-8-12-21(27)13-9-18)24(25)20-6-4-3-5-7-20/h3-15,27H,16-17H2,1-2H3/b24-23+. The van der Waals surface area contributed by atoms with Crippen LogP contribution in [0.5, 0.6) is 11.5 Å².